The lowest BCUT2D eigenvalue weighted by Crippen LogP contribution is -2.61. The third kappa shape index (κ3) is 4.30. The summed E-state index contributed by atoms with van der Waals surface area (Å²) in [5.74, 6) is 0. The van der Waals surface area contributed by atoms with E-state index in [1.807, 2.05) is 0 Å². The highest BCUT2D eigenvalue weighted by atomic mass is 15.1. The maximum absolute atomic E-state index is 5.63. The summed E-state index contributed by atoms with van der Waals surface area (Å²) >= 11 is 0. The fourth-order valence-corrected chi connectivity index (χ4v) is 3.52. The van der Waals surface area contributed by atoms with Crippen molar-refractivity contribution in [1.29, 1.82) is 0 Å². The molecule has 1 heterocycles. The van der Waals surface area contributed by atoms with Crippen LogP contribution in [0.5, 0.6) is 0 Å². The van der Waals surface area contributed by atoms with Crippen molar-refractivity contribution in [3.8, 4) is 0 Å². The van der Waals surface area contributed by atoms with Crippen LogP contribution in [0.4, 0.5) is 0 Å². The molecule has 1 fully saturated rings. The molecule has 0 atom stereocenters. The molecule has 3 heteroatoms. The van der Waals surface area contributed by atoms with Gasteiger partial charge in [0.1, 0.15) is 0 Å². The molecule has 112 valence electrons. The number of hydrogen-bond donors (Lipinski definition) is 3. The predicted octanol–water partition coefficient (Wildman–Crippen LogP) is 2.54. The van der Waals surface area contributed by atoms with E-state index in [-0.39, 0.29) is 11.1 Å². The quantitative estimate of drug-likeness (QED) is 0.791. The van der Waals surface area contributed by atoms with Gasteiger partial charge in [-0.05, 0) is 51.7 Å². The van der Waals surface area contributed by atoms with E-state index in [2.05, 4.69) is 62.6 Å². The molecule has 0 amide bonds. The lowest BCUT2D eigenvalue weighted by molar-refractivity contribution is 0.145. The van der Waals surface area contributed by atoms with Crippen molar-refractivity contribution < 1.29 is 0 Å². The maximum atomic E-state index is 5.63. The highest BCUT2D eigenvalue weighted by Gasteiger charge is 2.37. The van der Waals surface area contributed by atoms with Crippen LogP contribution in [-0.4, -0.2) is 17.1 Å². The van der Waals surface area contributed by atoms with Crippen LogP contribution in [0.15, 0.2) is 24.3 Å². The molecule has 3 nitrogen and oxygen atoms in total. The molecule has 1 aliphatic rings. The zero-order valence-corrected chi connectivity index (χ0v) is 13.3. The lowest BCUT2D eigenvalue weighted by atomic mass is 9.79. The maximum Gasteiger partial charge on any atom is 0.0208 e. The first kappa shape index (κ1) is 15.5. The van der Waals surface area contributed by atoms with Gasteiger partial charge in [0.25, 0.3) is 0 Å². The van der Waals surface area contributed by atoms with E-state index < -0.39 is 0 Å². The summed E-state index contributed by atoms with van der Waals surface area (Å²) in [7, 11) is 0. The second kappa shape index (κ2) is 5.84. The Morgan fingerprint density at radius 1 is 1.05 bits per heavy atom. The van der Waals surface area contributed by atoms with Gasteiger partial charge in [0.15, 0.2) is 0 Å². The molecule has 1 aromatic rings. The summed E-state index contributed by atoms with van der Waals surface area (Å²) in [5, 5.41) is 7.44. The minimum atomic E-state index is 0.197. The van der Waals surface area contributed by atoms with Gasteiger partial charge in [0.2, 0.25) is 0 Å². The highest BCUT2D eigenvalue weighted by molar-refractivity contribution is 5.22. The molecule has 0 unspecified atom stereocenters. The van der Waals surface area contributed by atoms with Crippen LogP contribution < -0.4 is 16.4 Å². The van der Waals surface area contributed by atoms with Crippen molar-refractivity contribution in [1.82, 2.24) is 10.6 Å². The number of benzene rings is 1. The second-order valence-electron chi connectivity index (χ2n) is 7.40. The molecule has 0 spiro atoms. The Hall–Kier alpha value is -0.900. The van der Waals surface area contributed by atoms with E-state index in [9.17, 15) is 0 Å². The lowest BCUT2D eigenvalue weighted by Gasteiger charge is -2.46. The number of nitrogens with one attached hydrogen (secondary N) is 2. The summed E-state index contributed by atoms with van der Waals surface area (Å²) in [6.07, 6.45) is 2.33. The predicted molar refractivity (Wildman–Crippen MR) is 85.5 cm³/mol. The minimum absolute atomic E-state index is 0.197. The number of hydrogen-bond acceptors (Lipinski definition) is 3. The van der Waals surface area contributed by atoms with E-state index in [1.54, 1.807) is 0 Å². The van der Waals surface area contributed by atoms with Crippen molar-refractivity contribution in [3.63, 3.8) is 0 Å². The molecule has 2 rings (SSSR count). The van der Waals surface area contributed by atoms with Gasteiger partial charge in [-0.2, -0.15) is 0 Å². The van der Waals surface area contributed by atoms with E-state index >= 15 is 0 Å². The number of rotatable bonds is 4. The van der Waals surface area contributed by atoms with Crippen LogP contribution in [0.2, 0.25) is 0 Å². The van der Waals surface area contributed by atoms with Gasteiger partial charge in [-0.3, -0.25) is 0 Å². The average molecular weight is 275 g/mol. The number of nitrogens with two attached hydrogens (primary N) is 1. The summed E-state index contributed by atoms with van der Waals surface area (Å²) in [6.45, 7) is 10.7. The first-order valence-corrected chi connectivity index (χ1v) is 7.60. The van der Waals surface area contributed by atoms with Gasteiger partial charge in [0.05, 0.1) is 0 Å². The van der Waals surface area contributed by atoms with Crippen LogP contribution in [-0.2, 0) is 13.1 Å². The molecule has 4 N–H and O–H groups in total. The first-order valence-electron chi connectivity index (χ1n) is 7.60. The fraction of sp³-hybridized carbons (Fsp3) is 0.647. The average Bonchev–Trinajstić information content (AvgIpc) is 2.33. The largest absolute Gasteiger partial charge is 0.326 e. The fourth-order valence-electron chi connectivity index (χ4n) is 3.52. The Labute approximate surface area is 123 Å². The first-order chi connectivity index (χ1) is 9.30. The summed E-state index contributed by atoms with van der Waals surface area (Å²) in [5.41, 5.74) is 8.54. The van der Waals surface area contributed by atoms with E-state index in [0.717, 1.165) is 19.4 Å². The van der Waals surface area contributed by atoms with Crippen molar-refractivity contribution in [2.24, 2.45) is 5.73 Å². The Balaban J connectivity index is 1.92. The van der Waals surface area contributed by atoms with Gasteiger partial charge >= 0.3 is 0 Å². The summed E-state index contributed by atoms with van der Waals surface area (Å²) in [6, 6.07) is 9.15. The van der Waals surface area contributed by atoms with Crippen LogP contribution >= 0.6 is 0 Å². The molecular weight excluding hydrogens is 246 g/mol. The van der Waals surface area contributed by atoms with Crippen LogP contribution in [0.1, 0.15) is 51.7 Å². The topological polar surface area (TPSA) is 50.1 Å². The zero-order chi connectivity index (χ0) is 14.8. The van der Waals surface area contributed by atoms with Crippen molar-refractivity contribution in [3.05, 3.63) is 35.4 Å². The molecule has 0 aliphatic carbocycles. The SMILES string of the molecule is CC1(C)CC(NCc2ccc(CN)cc2)CC(C)(C)N1. The highest BCUT2D eigenvalue weighted by Crippen LogP contribution is 2.28. The third-order valence-corrected chi connectivity index (χ3v) is 4.04. The zero-order valence-electron chi connectivity index (χ0n) is 13.3. The summed E-state index contributed by atoms with van der Waals surface area (Å²) in [4.78, 5) is 0. The molecule has 0 aromatic heterocycles. The van der Waals surface area contributed by atoms with Gasteiger partial charge < -0.3 is 16.4 Å². The molecule has 1 aromatic carbocycles. The molecule has 20 heavy (non-hydrogen) atoms. The van der Waals surface area contributed by atoms with Crippen molar-refractivity contribution in [2.75, 3.05) is 0 Å². The van der Waals surface area contributed by atoms with Crippen molar-refractivity contribution >= 4 is 0 Å². The Morgan fingerprint density at radius 3 is 2.05 bits per heavy atom. The third-order valence-electron chi connectivity index (χ3n) is 4.04. The standard InChI is InChI=1S/C17H29N3/c1-16(2)9-15(10-17(3,4)20-16)19-12-14-7-5-13(11-18)6-8-14/h5-8,15,19-20H,9-12,18H2,1-4H3. The van der Waals surface area contributed by atoms with E-state index in [4.69, 9.17) is 5.73 Å². The molecule has 0 bridgehead atoms. The monoisotopic (exact) mass is 275 g/mol. The number of piperidine rings is 1. The van der Waals surface area contributed by atoms with Crippen LogP contribution in [0.25, 0.3) is 0 Å². The van der Waals surface area contributed by atoms with Crippen LogP contribution in [0, 0.1) is 0 Å². The summed E-state index contributed by atoms with van der Waals surface area (Å²) < 4.78 is 0. The smallest absolute Gasteiger partial charge is 0.0208 e. The Bertz CT molecular complexity index is 418. The molecule has 0 radical (unpaired) electrons. The van der Waals surface area contributed by atoms with Gasteiger partial charge in [-0.1, -0.05) is 24.3 Å². The molecule has 1 saturated heterocycles. The molecule has 0 saturated carbocycles. The van der Waals surface area contributed by atoms with Crippen LogP contribution in [0.3, 0.4) is 0 Å². The van der Waals surface area contributed by atoms with E-state index in [1.165, 1.54) is 11.1 Å². The molecule has 1 aliphatic heterocycles. The van der Waals surface area contributed by atoms with Gasteiger partial charge in [0, 0.05) is 30.2 Å². The Morgan fingerprint density at radius 2 is 1.55 bits per heavy atom. The Kier molecular flexibility index (Phi) is 4.52. The van der Waals surface area contributed by atoms with Gasteiger partial charge in [-0.15, -0.1) is 0 Å². The van der Waals surface area contributed by atoms with Crippen molar-refractivity contribution in [2.45, 2.75) is 70.7 Å². The minimum Gasteiger partial charge on any atom is -0.326 e. The molecular formula is C17H29N3. The van der Waals surface area contributed by atoms with Gasteiger partial charge in [-0.25, -0.2) is 0 Å². The normalized spacial score (nSPS) is 21.9. The van der Waals surface area contributed by atoms with E-state index in [0.29, 0.717) is 12.6 Å². The second-order valence-corrected chi connectivity index (χ2v) is 7.40.